The van der Waals surface area contributed by atoms with Crippen molar-refractivity contribution in [3.8, 4) is 0 Å². The van der Waals surface area contributed by atoms with Crippen molar-refractivity contribution in [3.63, 3.8) is 0 Å². The number of benzene rings is 1. The van der Waals surface area contributed by atoms with Crippen LogP contribution in [-0.4, -0.2) is 27.3 Å². The standard InChI is InChI=1S/C18H37NO.C13H17F3.C2H6/c1-5-17(2)11-8-9-13-18(14-15-19-3)12-7-6-10-16-20-4;1-4-9-12(2,3)10-5-7-11(8-6-10)13(14,15)16;1-2/h11,18-19H,5-10,12-16H2,1-4H3;5-8H,4,9H2,1-3H3;1-2H3/b17-11-;;. The van der Waals surface area contributed by atoms with Gasteiger partial charge in [-0.3, -0.25) is 0 Å². The van der Waals surface area contributed by atoms with Crippen LogP contribution in [0.2, 0.25) is 0 Å². The molecular formula is C33H60F3NO. The lowest BCUT2D eigenvalue weighted by Crippen LogP contribution is -2.17. The normalized spacial score (nSPS) is 12.8. The first kappa shape index (κ1) is 38.8. The number of unbranched alkanes of at least 4 members (excludes halogenated alkanes) is 3. The highest BCUT2D eigenvalue weighted by Gasteiger charge is 2.30. The predicted molar refractivity (Wildman–Crippen MR) is 161 cm³/mol. The largest absolute Gasteiger partial charge is 0.416 e. The van der Waals surface area contributed by atoms with E-state index < -0.39 is 11.7 Å². The molecule has 1 aromatic rings. The fourth-order valence-corrected chi connectivity index (χ4v) is 4.42. The average Bonchev–Trinajstić information content (AvgIpc) is 2.90. The van der Waals surface area contributed by atoms with Crippen molar-refractivity contribution in [2.75, 3.05) is 27.3 Å². The molecule has 0 aromatic heterocycles. The third-order valence-electron chi connectivity index (χ3n) is 7.00. The summed E-state index contributed by atoms with van der Waals surface area (Å²) < 4.78 is 42.2. The Balaban J connectivity index is 0. The molecule has 0 radical (unpaired) electrons. The molecule has 0 spiro atoms. The topological polar surface area (TPSA) is 21.3 Å². The van der Waals surface area contributed by atoms with Crippen LogP contribution in [-0.2, 0) is 16.3 Å². The van der Waals surface area contributed by atoms with Crippen LogP contribution in [0.3, 0.4) is 0 Å². The zero-order chi connectivity index (χ0) is 29.5. The Morgan fingerprint density at radius 1 is 0.921 bits per heavy atom. The summed E-state index contributed by atoms with van der Waals surface area (Å²) in [7, 11) is 3.85. The highest BCUT2D eigenvalue weighted by Crippen LogP contribution is 2.33. The number of allylic oxidation sites excluding steroid dienone is 2. The van der Waals surface area contributed by atoms with E-state index in [9.17, 15) is 13.2 Å². The molecule has 1 rings (SSSR count). The number of hydrogen-bond donors (Lipinski definition) is 1. The van der Waals surface area contributed by atoms with Gasteiger partial charge >= 0.3 is 6.18 Å². The Labute approximate surface area is 234 Å². The molecule has 0 saturated heterocycles. The fourth-order valence-electron chi connectivity index (χ4n) is 4.42. The van der Waals surface area contributed by atoms with Crippen molar-refractivity contribution in [3.05, 3.63) is 47.0 Å². The van der Waals surface area contributed by atoms with E-state index in [-0.39, 0.29) is 5.41 Å². The molecule has 224 valence electrons. The van der Waals surface area contributed by atoms with E-state index in [2.05, 4.69) is 53.1 Å². The SMILES string of the molecule is CC.CC/C(C)=C\CCCC(CCCCCOC)CCNC.CCCC(C)(C)c1ccc(C(F)(F)F)cc1. The van der Waals surface area contributed by atoms with Gasteiger partial charge in [-0.15, -0.1) is 0 Å². The first-order chi connectivity index (χ1) is 18.0. The van der Waals surface area contributed by atoms with Gasteiger partial charge in [0.05, 0.1) is 5.56 Å². The molecule has 1 aromatic carbocycles. The van der Waals surface area contributed by atoms with Crippen LogP contribution in [0.15, 0.2) is 35.9 Å². The molecule has 1 atom stereocenters. The molecule has 1 N–H and O–H groups in total. The summed E-state index contributed by atoms with van der Waals surface area (Å²) in [5.74, 6) is 0.903. The van der Waals surface area contributed by atoms with Gasteiger partial charge in [0.15, 0.2) is 0 Å². The summed E-state index contributed by atoms with van der Waals surface area (Å²) in [4.78, 5) is 0. The minimum absolute atomic E-state index is 0.0567. The molecule has 0 fully saturated rings. The third kappa shape index (κ3) is 19.7. The van der Waals surface area contributed by atoms with Gasteiger partial charge in [0.1, 0.15) is 0 Å². The fraction of sp³-hybridized carbons (Fsp3) is 0.758. The van der Waals surface area contributed by atoms with Gasteiger partial charge in [0.2, 0.25) is 0 Å². The summed E-state index contributed by atoms with van der Waals surface area (Å²) in [5.41, 5.74) is 1.86. The Bertz CT molecular complexity index is 680. The highest BCUT2D eigenvalue weighted by molar-refractivity contribution is 5.29. The molecule has 1 unspecified atom stereocenters. The number of halogens is 3. The van der Waals surface area contributed by atoms with Crippen LogP contribution < -0.4 is 5.32 Å². The summed E-state index contributed by atoms with van der Waals surface area (Å²) in [6, 6.07) is 5.48. The smallest absolute Gasteiger partial charge is 0.385 e. The Morgan fingerprint density at radius 3 is 2.00 bits per heavy atom. The number of nitrogens with one attached hydrogen (secondary N) is 1. The molecule has 0 aliphatic carbocycles. The molecule has 0 heterocycles. The Kier molecular flexibility index (Phi) is 24.1. The predicted octanol–water partition coefficient (Wildman–Crippen LogP) is 10.8. The molecule has 0 aliphatic rings. The molecule has 38 heavy (non-hydrogen) atoms. The lowest BCUT2D eigenvalue weighted by molar-refractivity contribution is -0.137. The second kappa shape index (κ2) is 23.5. The minimum atomic E-state index is -4.24. The first-order valence-electron chi connectivity index (χ1n) is 15.0. The van der Waals surface area contributed by atoms with E-state index in [0.717, 1.165) is 49.6 Å². The van der Waals surface area contributed by atoms with Crippen LogP contribution in [0.5, 0.6) is 0 Å². The van der Waals surface area contributed by atoms with Crippen LogP contribution in [0.4, 0.5) is 13.2 Å². The average molecular weight is 544 g/mol. The Hall–Kier alpha value is -1.33. The van der Waals surface area contributed by atoms with Crippen LogP contribution in [0.1, 0.15) is 130 Å². The summed E-state index contributed by atoms with van der Waals surface area (Å²) in [5, 5.41) is 3.29. The second-order valence-corrected chi connectivity index (χ2v) is 10.6. The van der Waals surface area contributed by atoms with Crippen LogP contribution >= 0.6 is 0 Å². The van der Waals surface area contributed by atoms with Crippen molar-refractivity contribution in [2.24, 2.45) is 5.92 Å². The van der Waals surface area contributed by atoms with Crippen molar-refractivity contribution < 1.29 is 17.9 Å². The zero-order valence-corrected chi connectivity index (χ0v) is 26.2. The quantitative estimate of drug-likeness (QED) is 0.156. The van der Waals surface area contributed by atoms with E-state index in [1.807, 2.05) is 13.8 Å². The third-order valence-corrected chi connectivity index (χ3v) is 7.00. The van der Waals surface area contributed by atoms with Crippen LogP contribution in [0, 0.1) is 5.92 Å². The van der Waals surface area contributed by atoms with Crippen molar-refractivity contribution in [1.82, 2.24) is 5.32 Å². The first-order valence-corrected chi connectivity index (χ1v) is 15.0. The lowest BCUT2D eigenvalue weighted by atomic mass is 9.80. The number of rotatable bonds is 17. The number of ether oxygens (including phenoxy) is 1. The number of methoxy groups -OCH3 is 1. The molecule has 0 amide bonds. The van der Waals surface area contributed by atoms with Gasteiger partial charge in [0, 0.05) is 13.7 Å². The lowest BCUT2D eigenvalue weighted by Gasteiger charge is -2.25. The minimum Gasteiger partial charge on any atom is -0.385 e. The zero-order valence-electron chi connectivity index (χ0n) is 26.2. The molecule has 5 heteroatoms. The Morgan fingerprint density at radius 2 is 1.50 bits per heavy atom. The molecule has 0 bridgehead atoms. The van der Waals surface area contributed by atoms with E-state index in [1.54, 1.807) is 19.2 Å². The number of hydrogen-bond acceptors (Lipinski definition) is 2. The number of alkyl halides is 3. The van der Waals surface area contributed by atoms with Crippen molar-refractivity contribution in [1.29, 1.82) is 0 Å². The van der Waals surface area contributed by atoms with Crippen molar-refractivity contribution in [2.45, 2.75) is 131 Å². The molecular weight excluding hydrogens is 483 g/mol. The van der Waals surface area contributed by atoms with E-state index >= 15 is 0 Å². The summed E-state index contributed by atoms with van der Waals surface area (Å²) in [6.45, 7) is 16.7. The van der Waals surface area contributed by atoms with Crippen LogP contribution in [0.25, 0.3) is 0 Å². The van der Waals surface area contributed by atoms with Gasteiger partial charge in [0.25, 0.3) is 0 Å². The van der Waals surface area contributed by atoms with E-state index in [0.29, 0.717) is 0 Å². The molecule has 0 aliphatic heterocycles. The summed E-state index contributed by atoms with van der Waals surface area (Å²) >= 11 is 0. The molecule has 0 saturated carbocycles. The maximum atomic E-state index is 12.4. The molecule has 2 nitrogen and oxygen atoms in total. The van der Waals surface area contributed by atoms with Gasteiger partial charge < -0.3 is 10.1 Å². The van der Waals surface area contributed by atoms with Gasteiger partial charge in [-0.2, -0.15) is 13.2 Å². The van der Waals surface area contributed by atoms with Gasteiger partial charge in [-0.1, -0.05) is 97.4 Å². The van der Waals surface area contributed by atoms with E-state index in [4.69, 9.17) is 4.74 Å². The maximum absolute atomic E-state index is 12.4. The summed E-state index contributed by atoms with van der Waals surface area (Å²) in [6.07, 6.45) is 12.0. The maximum Gasteiger partial charge on any atom is 0.416 e. The highest BCUT2D eigenvalue weighted by atomic mass is 19.4. The monoisotopic (exact) mass is 543 g/mol. The van der Waals surface area contributed by atoms with Gasteiger partial charge in [-0.05, 0) is 88.1 Å². The van der Waals surface area contributed by atoms with Gasteiger partial charge in [-0.25, -0.2) is 0 Å². The van der Waals surface area contributed by atoms with E-state index in [1.165, 1.54) is 63.4 Å². The van der Waals surface area contributed by atoms with Crippen molar-refractivity contribution >= 4 is 0 Å². The second-order valence-electron chi connectivity index (χ2n) is 10.6.